The van der Waals surface area contributed by atoms with Crippen LogP contribution >= 0.6 is 0 Å². The number of benzene rings is 1. The van der Waals surface area contributed by atoms with Crippen LogP contribution in [0, 0.1) is 5.92 Å². The molecule has 100 valence electrons. The molecule has 0 bridgehead atoms. The molecule has 19 heavy (non-hydrogen) atoms. The Hall–Kier alpha value is -2.08. The number of aliphatic hydroxyl groups excluding tert-OH is 1. The lowest BCUT2D eigenvalue weighted by Gasteiger charge is -2.29. The molecule has 0 fully saturated rings. The van der Waals surface area contributed by atoms with E-state index >= 15 is 0 Å². The third kappa shape index (κ3) is 2.15. The van der Waals surface area contributed by atoms with Gasteiger partial charge in [0.25, 0.3) is 5.91 Å². The Morgan fingerprint density at radius 3 is 2.32 bits per heavy atom. The number of hydrogen-bond donors (Lipinski definition) is 1. The predicted octanol–water partition coefficient (Wildman–Crippen LogP) is 1.07. The van der Waals surface area contributed by atoms with Crippen molar-refractivity contribution < 1.29 is 18.3 Å². The van der Waals surface area contributed by atoms with E-state index in [0.717, 1.165) is 4.90 Å². The lowest BCUT2D eigenvalue weighted by Crippen LogP contribution is -2.42. The van der Waals surface area contributed by atoms with Crippen LogP contribution in [0.5, 0.6) is 0 Å². The molecule has 1 aromatic rings. The highest BCUT2D eigenvalue weighted by Crippen LogP contribution is 2.32. The fraction of sp³-hybridized carbons (Fsp3) is 0.231. The van der Waals surface area contributed by atoms with E-state index in [1.54, 1.807) is 31.2 Å². The SMILES string of the molecule is CC1C(c2ccccc2)=C(O)N(C)C(=O)C1=S(=O)=O. The van der Waals surface area contributed by atoms with Gasteiger partial charge in [-0.05, 0) is 5.56 Å². The normalized spacial score (nSPS) is 19.9. The number of rotatable bonds is 1. The lowest BCUT2D eigenvalue weighted by molar-refractivity contribution is -0.123. The standard InChI is InChI=1S/C13H13NO4S/c1-8-10(9-6-4-3-5-7-9)12(15)14(2)13(16)11(8)19(17)18/h3-8,15H,1-2H3. The minimum atomic E-state index is -2.61. The summed E-state index contributed by atoms with van der Waals surface area (Å²) in [5.74, 6) is -1.58. The van der Waals surface area contributed by atoms with Crippen molar-refractivity contribution in [3.63, 3.8) is 0 Å². The monoisotopic (exact) mass is 279 g/mol. The number of allylic oxidation sites excluding steroid dienone is 1. The molecule has 1 aliphatic rings. The zero-order chi connectivity index (χ0) is 14.2. The topological polar surface area (TPSA) is 74.7 Å². The first kappa shape index (κ1) is 13.4. The van der Waals surface area contributed by atoms with Gasteiger partial charge in [0.15, 0.2) is 5.88 Å². The highest BCUT2D eigenvalue weighted by atomic mass is 32.2. The first-order valence-electron chi connectivity index (χ1n) is 5.67. The molecule has 1 atom stereocenters. The van der Waals surface area contributed by atoms with Gasteiger partial charge in [-0.15, -0.1) is 0 Å². The van der Waals surface area contributed by atoms with E-state index in [1.165, 1.54) is 7.05 Å². The van der Waals surface area contributed by atoms with Gasteiger partial charge in [0.2, 0.25) is 10.3 Å². The van der Waals surface area contributed by atoms with Gasteiger partial charge in [0.1, 0.15) is 4.86 Å². The molecule has 1 aromatic carbocycles. The maximum atomic E-state index is 11.9. The number of hydrogen-bond acceptors (Lipinski definition) is 4. The van der Waals surface area contributed by atoms with E-state index in [0.29, 0.717) is 11.1 Å². The molecular weight excluding hydrogens is 266 g/mol. The summed E-state index contributed by atoms with van der Waals surface area (Å²) >= 11 is 0. The van der Waals surface area contributed by atoms with Crippen LogP contribution in [-0.4, -0.2) is 36.2 Å². The average molecular weight is 279 g/mol. The summed E-state index contributed by atoms with van der Waals surface area (Å²) in [7, 11) is -1.27. The minimum Gasteiger partial charge on any atom is -0.494 e. The van der Waals surface area contributed by atoms with Gasteiger partial charge in [-0.3, -0.25) is 9.69 Å². The van der Waals surface area contributed by atoms with Crippen molar-refractivity contribution in [1.29, 1.82) is 0 Å². The summed E-state index contributed by atoms with van der Waals surface area (Å²) in [6, 6.07) is 8.91. The fourth-order valence-electron chi connectivity index (χ4n) is 2.16. The summed E-state index contributed by atoms with van der Waals surface area (Å²) in [4.78, 5) is 12.6. The number of carbonyl (C=O) groups is 1. The molecular formula is C13H13NO4S. The van der Waals surface area contributed by atoms with Crippen molar-refractivity contribution in [3.8, 4) is 0 Å². The Balaban J connectivity index is 2.72. The Kier molecular flexibility index (Phi) is 3.44. The molecule has 6 heteroatoms. The van der Waals surface area contributed by atoms with Crippen molar-refractivity contribution in [2.24, 2.45) is 5.92 Å². The van der Waals surface area contributed by atoms with Crippen molar-refractivity contribution in [2.75, 3.05) is 7.05 Å². The van der Waals surface area contributed by atoms with Gasteiger partial charge in [-0.1, -0.05) is 37.3 Å². The third-order valence-electron chi connectivity index (χ3n) is 3.16. The van der Waals surface area contributed by atoms with Gasteiger partial charge < -0.3 is 5.11 Å². The number of amides is 1. The summed E-state index contributed by atoms with van der Waals surface area (Å²) in [6.07, 6.45) is 0. The first-order chi connectivity index (χ1) is 8.95. The smallest absolute Gasteiger partial charge is 0.272 e. The second kappa shape index (κ2) is 4.89. The van der Waals surface area contributed by atoms with Crippen LogP contribution < -0.4 is 0 Å². The molecule has 1 amide bonds. The molecule has 0 aliphatic carbocycles. The van der Waals surface area contributed by atoms with Gasteiger partial charge >= 0.3 is 0 Å². The van der Waals surface area contributed by atoms with Crippen LogP contribution in [0.2, 0.25) is 0 Å². The summed E-state index contributed by atoms with van der Waals surface area (Å²) in [6.45, 7) is 1.59. The fourth-order valence-corrected chi connectivity index (χ4v) is 2.85. The molecule has 1 unspecified atom stereocenters. The third-order valence-corrected chi connectivity index (χ3v) is 4.05. The van der Waals surface area contributed by atoms with Crippen molar-refractivity contribution >= 4 is 26.6 Å². The largest absolute Gasteiger partial charge is 0.494 e. The van der Waals surface area contributed by atoms with Crippen LogP contribution in [0.4, 0.5) is 0 Å². The molecule has 1 heterocycles. The van der Waals surface area contributed by atoms with Crippen LogP contribution in [0.25, 0.3) is 5.57 Å². The minimum absolute atomic E-state index is 0.210. The summed E-state index contributed by atoms with van der Waals surface area (Å²) in [5, 5.41) is 10.1. The number of carbonyl (C=O) groups excluding carboxylic acids is 1. The van der Waals surface area contributed by atoms with Gasteiger partial charge in [0.05, 0.1) is 0 Å². The zero-order valence-corrected chi connectivity index (χ0v) is 11.3. The van der Waals surface area contributed by atoms with E-state index in [9.17, 15) is 18.3 Å². The average Bonchev–Trinajstić information content (AvgIpc) is 2.37. The van der Waals surface area contributed by atoms with E-state index in [4.69, 9.17) is 0 Å². The van der Waals surface area contributed by atoms with E-state index in [1.807, 2.05) is 6.07 Å². The number of nitrogens with zero attached hydrogens (tertiary/aromatic N) is 1. The van der Waals surface area contributed by atoms with Gasteiger partial charge in [-0.2, -0.15) is 8.42 Å². The lowest BCUT2D eigenvalue weighted by atomic mass is 9.88. The van der Waals surface area contributed by atoms with E-state index < -0.39 is 22.1 Å². The molecule has 5 nitrogen and oxygen atoms in total. The van der Waals surface area contributed by atoms with Gasteiger partial charge in [0, 0.05) is 18.5 Å². The predicted molar refractivity (Wildman–Crippen MR) is 71.9 cm³/mol. The molecule has 2 rings (SSSR count). The van der Waals surface area contributed by atoms with Crippen LogP contribution in [-0.2, 0) is 15.1 Å². The zero-order valence-electron chi connectivity index (χ0n) is 10.5. The highest BCUT2D eigenvalue weighted by Gasteiger charge is 2.36. The molecule has 0 spiro atoms. The maximum absolute atomic E-state index is 11.9. The molecule has 0 saturated carbocycles. The first-order valence-corrected chi connectivity index (χ1v) is 6.75. The molecule has 0 radical (unpaired) electrons. The quantitative estimate of drug-likeness (QED) is 0.780. The van der Waals surface area contributed by atoms with Gasteiger partial charge in [-0.25, -0.2) is 0 Å². The van der Waals surface area contributed by atoms with Crippen molar-refractivity contribution in [2.45, 2.75) is 6.92 Å². The summed E-state index contributed by atoms with van der Waals surface area (Å²) < 4.78 is 22.4. The molecule has 0 saturated heterocycles. The molecule has 1 aliphatic heterocycles. The molecule has 1 N–H and O–H groups in total. The van der Waals surface area contributed by atoms with Crippen LogP contribution in [0.15, 0.2) is 36.2 Å². The number of aliphatic hydroxyl groups is 1. The van der Waals surface area contributed by atoms with Crippen LogP contribution in [0.3, 0.4) is 0 Å². The van der Waals surface area contributed by atoms with E-state index in [2.05, 4.69) is 0 Å². The maximum Gasteiger partial charge on any atom is 0.272 e. The Labute approximate surface area is 112 Å². The summed E-state index contributed by atoms with van der Waals surface area (Å²) in [5.41, 5.74) is 1.12. The second-order valence-electron chi connectivity index (χ2n) is 4.29. The van der Waals surface area contributed by atoms with E-state index in [-0.39, 0.29) is 10.7 Å². The molecule has 0 aromatic heterocycles. The van der Waals surface area contributed by atoms with Crippen molar-refractivity contribution in [3.05, 3.63) is 41.8 Å². The van der Waals surface area contributed by atoms with Crippen LogP contribution in [0.1, 0.15) is 12.5 Å². The Bertz CT molecular complexity index is 681. The van der Waals surface area contributed by atoms with Crippen molar-refractivity contribution in [1.82, 2.24) is 4.90 Å². The highest BCUT2D eigenvalue weighted by molar-refractivity contribution is 7.74. The Morgan fingerprint density at radius 1 is 1.21 bits per heavy atom. The Morgan fingerprint density at radius 2 is 1.79 bits per heavy atom. The second-order valence-corrected chi connectivity index (χ2v) is 5.20.